The number of hydrogen-bond acceptors (Lipinski definition) is 4. The maximum Gasteiger partial charge on any atom is 0.257 e. The van der Waals surface area contributed by atoms with Crippen LogP contribution in [0.25, 0.3) is 0 Å². The molecule has 0 atom stereocenters. The minimum absolute atomic E-state index is 0.0782. The monoisotopic (exact) mass is 329 g/mol. The van der Waals surface area contributed by atoms with Crippen LogP contribution in [0.1, 0.15) is 24.2 Å². The van der Waals surface area contributed by atoms with Crippen molar-refractivity contribution < 1.29 is 9.53 Å². The average molecular weight is 330 g/mol. The first-order chi connectivity index (χ1) is 8.95. The minimum atomic E-state index is -0.0782. The molecule has 19 heavy (non-hydrogen) atoms. The molecule has 0 aliphatic heterocycles. The summed E-state index contributed by atoms with van der Waals surface area (Å²) in [4.78, 5) is 18.1. The number of likely N-dealkylation sites (N-methyl/N-ethyl adjacent to an activating group) is 1. The van der Waals surface area contributed by atoms with E-state index in [0.717, 1.165) is 4.47 Å². The molecular weight excluding hydrogens is 310 g/mol. The number of rotatable bonds is 6. The molecule has 0 fully saturated rings. The Morgan fingerprint density at radius 3 is 2.84 bits per heavy atom. The van der Waals surface area contributed by atoms with Crippen LogP contribution in [0.3, 0.4) is 0 Å². The van der Waals surface area contributed by atoms with Crippen LogP contribution in [0.2, 0.25) is 0 Å². The number of nitrogens with zero attached hydrogens (tertiary/aromatic N) is 2. The van der Waals surface area contributed by atoms with Gasteiger partial charge in [-0.15, -0.1) is 0 Å². The van der Waals surface area contributed by atoms with Crippen LogP contribution in [0.5, 0.6) is 0 Å². The van der Waals surface area contributed by atoms with Gasteiger partial charge in [-0.2, -0.15) is 0 Å². The lowest BCUT2D eigenvalue weighted by Crippen LogP contribution is -2.31. The Morgan fingerprint density at radius 2 is 2.26 bits per heavy atom. The van der Waals surface area contributed by atoms with Gasteiger partial charge < -0.3 is 15.0 Å². The molecule has 5 nitrogen and oxygen atoms in total. The predicted octanol–water partition coefficient (Wildman–Crippen LogP) is 2.38. The van der Waals surface area contributed by atoms with Gasteiger partial charge in [0.05, 0.1) is 18.3 Å². The predicted molar refractivity (Wildman–Crippen MR) is 79.5 cm³/mol. The molecule has 0 saturated heterocycles. The van der Waals surface area contributed by atoms with Crippen LogP contribution in [0.4, 0.5) is 5.82 Å². The van der Waals surface area contributed by atoms with E-state index in [4.69, 9.17) is 4.74 Å². The summed E-state index contributed by atoms with van der Waals surface area (Å²) < 4.78 is 6.22. The van der Waals surface area contributed by atoms with Crippen molar-refractivity contribution in [1.82, 2.24) is 9.88 Å². The van der Waals surface area contributed by atoms with Crippen molar-refractivity contribution >= 4 is 27.7 Å². The Balaban J connectivity index is 2.73. The first kappa shape index (κ1) is 15.9. The van der Waals surface area contributed by atoms with E-state index in [1.165, 1.54) is 0 Å². The molecule has 1 amide bonds. The number of carbonyl (C=O) groups excluding carboxylic acids is 1. The Labute approximate surface area is 122 Å². The van der Waals surface area contributed by atoms with Gasteiger partial charge in [-0.25, -0.2) is 4.98 Å². The van der Waals surface area contributed by atoms with Crippen LogP contribution in [0.15, 0.2) is 16.7 Å². The van der Waals surface area contributed by atoms with Crippen molar-refractivity contribution in [3.63, 3.8) is 0 Å². The number of pyridine rings is 1. The number of aromatic nitrogens is 1. The van der Waals surface area contributed by atoms with E-state index in [0.29, 0.717) is 24.5 Å². The lowest BCUT2D eigenvalue weighted by atomic mass is 10.2. The zero-order valence-corrected chi connectivity index (χ0v) is 13.3. The SMILES string of the molecule is CNc1ncc(Br)cc1C(=O)N(C)CCOC(C)C. The largest absolute Gasteiger partial charge is 0.377 e. The summed E-state index contributed by atoms with van der Waals surface area (Å²) in [7, 11) is 3.50. The van der Waals surface area contributed by atoms with Gasteiger partial charge in [0.2, 0.25) is 0 Å². The number of carbonyl (C=O) groups is 1. The zero-order chi connectivity index (χ0) is 14.4. The van der Waals surface area contributed by atoms with E-state index in [-0.39, 0.29) is 12.0 Å². The molecule has 1 aromatic rings. The summed E-state index contributed by atoms with van der Waals surface area (Å²) in [6.07, 6.45) is 1.83. The molecule has 1 heterocycles. The van der Waals surface area contributed by atoms with Crippen molar-refractivity contribution in [2.45, 2.75) is 20.0 Å². The maximum atomic E-state index is 12.3. The summed E-state index contributed by atoms with van der Waals surface area (Å²) in [6.45, 7) is 5.02. The topological polar surface area (TPSA) is 54.5 Å². The van der Waals surface area contributed by atoms with Crippen molar-refractivity contribution in [1.29, 1.82) is 0 Å². The molecule has 0 aromatic carbocycles. The molecular formula is C13H20BrN3O2. The van der Waals surface area contributed by atoms with Crippen molar-refractivity contribution in [2.75, 3.05) is 32.6 Å². The van der Waals surface area contributed by atoms with Gasteiger partial charge in [0.1, 0.15) is 5.82 Å². The van der Waals surface area contributed by atoms with E-state index >= 15 is 0 Å². The van der Waals surface area contributed by atoms with Gasteiger partial charge in [0, 0.05) is 31.3 Å². The number of ether oxygens (including phenoxy) is 1. The highest BCUT2D eigenvalue weighted by Gasteiger charge is 2.16. The summed E-state index contributed by atoms with van der Waals surface area (Å²) in [5.74, 6) is 0.496. The molecule has 1 aromatic heterocycles. The van der Waals surface area contributed by atoms with Gasteiger partial charge in [-0.05, 0) is 35.8 Å². The summed E-state index contributed by atoms with van der Waals surface area (Å²) in [5.41, 5.74) is 0.545. The van der Waals surface area contributed by atoms with E-state index in [1.807, 2.05) is 13.8 Å². The second kappa shape index (κ2) is 7.45. The summed E-state index contributed by atoms with van der Waals surface area (Å²) in [5, 5.41) is 2.92. The van der Waals surface area contributed by atoms with Crippen LogP contribution < -0.4 is 5.32 Å². The highest BCUT2D eigenvalue weighted by molar-refractivity contribution is 9.10. The van der Waals surface area contributed by atoms with E-state index in [1.54, 1.807) is 31.3 Å². The third-order valence-corrected chi connectivity index (χ3v) is 2.98. The standard InChI is InChI=1S/C13H20BrN3O2/c1-9(2)19-6-5-17(4)13(18)11-7-10(14)8-16-12(11)15-3/h7-9H,5-6H2,1-4H3,(H,15,16). The fourth-order valence-corrected chi connectivity index (χ4v) is 1.87. The molecule has 1 N–H and O–H groups in total. The zero-order valence-electron chi connectivity index (χ0n) is 11.7. The minimum Gasteiger partial charge on any atom is -0.377 e. The van der Waals surface area contributed by atoms with E-state index in [9.17, 15) is 4.79 Å². The summed E-state index contributed by atoms with van der Waals surface area (Å²) >= 11 is 3.33. The van der Waals surface area contributed by atoms with Crippen molar-refractivity contribution in [3.05, 3.63) is 22.3 Å². The molecule has 0 bridgehead atoms. The lowest BCUT2D eigenvalue weighted by molar-refractivity contribution is 0.0532. The van der Waals surface area contributed by atoms with Crippen LogP contribution in [0, 0.1) is 0 Å². The molecule has 0 unspecified atom stereocenters. The number of hydrogen-bond donors (Lipinski definition) is 1. The third-order valence-electron chi connectivity index (χ3n) is 2.55. The highest BCUT2D eigenvalue weighted by Crippen LogP contribution is 2.19. The van der Waals surface area contributed by atoms with Gasteiger partial charge in [0.15, 0.2) is 0 Å². The summed E-state index contributed by atoms with van der Waals surface area (Å²) in [6, 6.07) is 1.76. The second-order valence-corrected chi connectivity index (χ2v) is 5.36. The molecule has 106 valence electrons. The highest BCUT2D eigenvalue weighted by atomic mass is 79.9. The quantitative estimate of drug-likeness (QED) is 0.870. The number of nitrogens with one attached hydrogen (secondary N) is 1. The van der Waals surface area contributed by atoms with Crippen LogP contribution in [-0.2, 0) is 4.74 Å². The Bertz CT molecular complexity index is 438. The number of halogens is 1. The molecule has 0 saturated carbocycles. The third kappa shape index (κ3) is 4.80. The van der Waals surface area contributed by atoms with Gasteiger partial charge >= 0.3 is 0 Å². The normalized spacial score (nSPS) is 10.6. The van der Waals surface area contributed by atoms with Crippen molar-refractivity contribution in [3.8, 4) is 0 Å². The van der Waals surface area contributed by atoms with E-state index < -0.39 is 0 Å². The van der Waals surface area contributed by atoms with Crippen LogP contribution in [-0.4, -0.2) is 49.1 Å². The Kier molecular flexibility index (Phi) is 6.24. The Hall–Kier alpha value is -1.14. The molecule has 0 spiro atoms. The molecule has 0 aliphatic carbocycles. The molecule has 0 aliphatic rings. The molecule has 1 rings (SSSR count). The average Bonchev–Trinajstić information content (AvgIpc) is 2.37. The van der Waals surface area contributed by atoms with Gasteiger partial charge in [0.25, 0.3) is 5.91 Å². The molecule has 0 radical (unpaired) electrons. The lowest BCUT2D eigenvalue weighted by Gasteiger charge is -2.19. The fraction of sp³-hybridized carbons (Fsp3) is 0.538. The van der Waals surface area contributed by atoms with Crippen LogP contribution >= 0.6 is 15.9 Å². The fourth-order valence-electron chi connectivity index (χ4n) is 1.53. The van der Waals surface area contributed by atoms with Gasteiger partial charge in [-0.1, -0.05) is 0 Å². The first-order valence-electron chi connectivity index (χ1n) is 6.16. The van der Waals surface area contributed by atoms with Crippen molar-refractivity contribution in [2.24, 2.45) is 0 Å². The Morgan fingerprint density at radius 1 is 1.58 bits per heavy atom. The first-order valence-corrected chi connectivity index (χ1v) is 6.95. The second-order valence-electron chi connectivity index (χ2n) is 4.45. The van der Waals surface area contributed by atoms with Gasteiger partial charge in [-0.3, -0.25) is 4.79 Å². The maximum absolute atomic E-state index is 12.3. The van der Waals surface area contributed by atoms with E-state index in [2.05, 4.69) is 26.2 Å². The number of anilines is 1. The smallest absolute Gasteiger partial charge is 0.257 e. The number of amides is 1. The molecule has 6 heteroatoms.